The zero-order chi connectivity index (χ0) is 36.8. The Labute approximate surface area is 303 Å². The summed E-state index contributed by atoms with van der Waals surface area (Å²) >= 11 is 20.1. The van der Waals surface area contributed by atoms with Gasteiger partial charge in [0.05, 0.1) is 30.1 Å². The highest BCUT2D eigenvalue weighted by atomic mass is 79.9. The highest BCUT2D eigenvalue weighted by Gasteiger charge is 2.11. The largest absolute Gasteiger partial charge is 0.480 e. The summed E-state index contributed by atoms with van der Waals surface area (Å²) in [4.78, 5) is 31.9. The molecule has 0 atom stereocenters. The van der Waals surface area contributed by atoms with Gasteiger partial charge in [0.15, 0.2) is 11.3 Å². The van der Waals surface area contributed by atoms with E-state index in [1.807, 2.05) is 10.6 Å². The summed E-state index contributed by atoms with van der Waals surface area (Å²) in [6, 6.07) is 10.1. The van der Waals surface area contributed by atoms with E-state index < -0.39 is 12.6 Å². The van der Waals surface area contributed by atoms with Crippen LogP contribution in [0.1, 0.15) is 37.3 Å². The number of nitrogens with two attached hydrogens (primary N) is 2. The number of aliphatic carboxylic acids is 1. The SMILES string of the molecule is FCCCCBr.Nc1ccc(Cl)nc1N.O=C(O)CO.OCc1nc2nc(Cl)ccc2[nH]1.OCc1nc2nc(Cl)ccc2n1CCCCF. The number of aromatic nitrogens is 7. The van der Waals surface area contributed by atoms with Gasteiger partial charge in [0.1, 0.15) is 52.7 Å². The lowest BCUT2D eigenvalue weighted by Gasteiger charge is -2.06. The topological polar surface area (TPSA) is 235 Å². The number of H-pyrrole nitrogens is 1. The Kier molecular flexibility index (Phi) is 21.9. The lowest BCUT2D eigenvalue weighted by Crippen LogP contribution is -2.04. The molecule has 0 saturated heterocycles. The van der Waals surface area contributed by atoms with Crippen molar-refractivity contribution < 1.29 is 34.0 Å². The average molecular weight is 816 g/mol. The minimum atomic E-state index is -1.19. The second-order valence-corrected chi connectivity index (χ2v) is 11.3. The number of anilines is 2. The molecule has 5 aromatic rings. The Morgan fingerprint density at radius 3 is 1.88 bits per heavy atom. The number of aliphatic hydroxyl groups excluding tert-OH is 3. The molecule has 5 rings (SSSR count). The quantitative estimate of drug-likeness (QED) is 0.0524. The van der Waals surface area contributed by atoms with Gasteiger partial charge in [0, 0.05) is 11.9 Å². The zero-order valence-corrected chi connectivity index (χ0v) is 29.9. The van der Waals surface area contributed by atoms with E-state index in [-0.39, 0.29) is 32.4 Å². The monoisotopic (exact) mass is 813 g/mol. The van der Waals surface area contributed by atoms with Gasteiger partial charge in [-0.15, -0.1) is 0 Å². The van der Waals surface area contributed by atoms with Crippen LogP contribution in [0.4, 0.5) is 20.3 Å². The predicted octanol–water partition coefficient (Wildman–Crippen LogP) is 5.52. The number of alkyl halides is 3. The van der Waals surface area contributed by atoms with Crippen molar-refractivity contribution in [2.45, 2.75) is 45.4 Å². The maximum atomic E-state index is 12.1. The van der Waals surface area contributed by atoms with E-state index >= 15 is 0 Å². The second-order valence-electron chi connectivity index (χ2n) is 9.30. The second kappa shape index (κ2) is 24.6. The molecule has 5 heterocycles. The van der Waals surface area contributed by atoms with Gasteiger partial charge in [0.25, 0.3) is 0 Å². The van der Waals surface area contributed by atoms with Crippen molar-refractivity contribution >= 4 is 90.5 Å². The van der Waals surface area contributed by atoms with Gasteiger partial charge in [-0.3, -0.25) is 8.78 Å². The van der Waals surface area contributed by atoms with E-state index in [2.05, 4.69) is 45.8 Å². The minimum absolute atomic E-state index is 0.117. The third kappa shape index (κ3) is 16.7. The summed E-state index contributed by atoms with van der Waals surface area (Å²) in [6.07, 6.45) is 2.87. The van der Waals surface area contributed by atoms with Crippen LogP contribution in [-0.4, -0.2) is 86.2 Å². The van der Waals surface area contributed by atoms with Crippen molar-refractivity contribution in [3.05, 3.63) is 63.5 Å². The van der Waals surface area contributed by atoms with Gasteiger partial charge in [0.2, 0.25) is 0 Å². The number of aliphatic hydroxyl groups is 3. The van der Waals surface area contributed by atoms with Crippen molar-refractivity contribution in [1.82, 2.24) is 34.5 Å². The van der Waals surface area contributed by atoms with Crippen LogP contribution in [0.15, 0.2) is 36.4 Å². The fourth-order valence-corrected chi connectivity index (χ4v) is 4.25. The van der Waals surface area contributed by atoms with E-state index in [1.54, 1.807) is 30.3 Å². The average Bonchev–Trinajstić information content (AvgIpc) is 3.66. The Balaban J connectivity index is 0.000000330. The normalized spacial score (nSPS) is 10.1. The molecule has 0 bridgehead atoms. The summed E-state index contributed by atoms with van der Waals surface area (Å²) in [5.74, 6) is 0.126. The number of carboxylic acid groups (broad SMARTS) is 1. The van der Waals surface area contributed by atoms with Crippen LogP contribution in [0.25, 0.3) is 22.3 Å². The Morgan fingerprint density at radius 2 is 1.37 bits per heavy atom. The number of pyridine rings is 3. The predicted molar refractivity (Wildman–Crippen MR) is 190 cm³/mol. The maximum Gasteiger partial charge on any atom is 0.329 e. The molecule has 5 aromatic heterocycles. The van der Waals surface area contributed by atoms with E-state index in [0.29, 0.717) is 69.9 Å². The fraction of sp³-hybridized carbons (Fsp3) is 0.379. The Morgan fingerprint density at radius 1 is 0.796 bits per heavy atom. The number of nitrogens with zero attached hydrogens (tertiary/aromatic N) is 6. The van der Waals surface area contributed by atoms with Gasteiger partial charge in [-0.05, 0) is 62.1 Å². The molecule has 0 aliphatic rings. The molecular formula is C29H37BrCl3F2N9O5. The number of fused-ring (bicyclic) bond motifs is 2. The number of imidazole rings is 2. The van der Waals surface area contributed by atoms with Crippen LogP contribution in [0, 0.1) is 0 Å². The van der Waals surface area contributed by atoms with Gasteiger partial charge < -0.3 is 41.4 Å². The third-order valence-electron chi connectivity index (χ3n) is 5.65. The number of halogens is 6. The Bertz CT molecular complexity index is 1700. The molecule has 0 aliphatic heterocycles. The molecule has 270 valence electrons. The molecule has 0 spiro atoms. The molecule has 0 amide bonds. The number of nitrogens with one attached hydrogen (secondary N) is 1. The molecule has 0 aromatic carbocycles. The molecule has 0 saturated carbocycles. The van der Waals surface area contributed by atoms with E-state index in [0.717, 1.165) is 22.8 Å². The third-order valence-corrected chi connectivity index (χ3v) is 6.84. The van der Waals surface area contributed by atoms with Gasteiger partial charge >= 0.3 is 5.97 Å². The summed E-state index contributed by atoms with van der Waals surface area (Å²) in [6.45, 7) is -0.937. The molecule has 14 nitrogen and oxygen atoms in total. The van der Waals surface area contributed by atoms with E-state index in [4.69, 9.17) is 66.4 Å². The summed E-state index contributed by atoms with van der Waals surface area (Å²) in [5, 5.41) is 35.1. The number of aryl methyl sites for hydroxylation is 1. The number of hydrogen-bond acceptors (Lipinski definition) is 11. The molecule has 9 N–H and O–H groups in total. The van der Waals surface area contributed by atoms with Crippen molar-refractivity contribution in [2.75, 3.05) is 36.8 Å². The van der Waals surface area contributed by atoms with Crippen LogP contribution in [0.2, 0.25) is 15.5 Å². The molecular weight excluding hydrogens is 779 g/mol. The van der Waals surface area contributed by atoms with Gasteiger partial charge in [-0.1, -0.05) is 50.7 Å². The van der Waals surface area contributed by atoms with E-state index in [1.165, 1.54) is 0 Å². The van der Waals surface area contributed by atoms with Crippen molar-refractivity contribution in [2.24, 2.45) is 0 Å². The van der Waals surface area contributed by atoms with Crippen molar-refractivity contribution in [3.8, 4) is 0 Å². The number of rotatable bonds is 10. The first-order chi connectivity index (χ1) is 23.4. The standard InChI is InChI=1S/C11H13ClFN3O.C7H6ClN3O.C5H6ClN3.C4H8BrF.C2H4O3/c12-9-4-3-8-11(14-9)15-10(7-17)16(8)6-2-1-5-13;8-5-2-1-4-7(10-5)11-6(3-12)9-4;6-4-2-1-3(7)5(8)9-4;5-3-1-2-4-6;3-1-2(4)5/h3-4,17H,1-2,5-7H2;1-2,12H,3H2,(H,9,10,11);1-2H,7H2,(H2,8,9);1-4H2;3H,1H2,(H,4,5). The smallest absolute Gasteiger partial charge is 0.329 e. The number of unbranched alkanes of at least 4 members (excludes halogenated alkanes) is 2. The highest BCUT2D eigenvalue weighted by Crippen LogP contribution is 2.18. The van der Waals surface area contributed by atoms with E-state index in [9.17, 15) is 13.9 Å². The molecule has 0 aliphatic carbocycles. The lowest BCUT2D eigenvalue weighted by molar-refractivity contribution is -0.140. The highest BCUT2D eigenvalue weighted by molar-refractivity contribution is 9.09. The first-order valence-electron chi connectivity index (χ1n) is 14.4. The van der Waals surface area contributed by atoms with Crippen LogP contribution in [0.5, 0.6) is 0 Å². The molecule has 0 unspecified atom stereocenters. The van der Waals surface area contributed by atoms with Crippen LogP contribution >= 0.6 is 50.7 Å². The molecule has 49 heavy (non-hydrogen) atoms. The summed E-state index contributed by atoms with van der Waals surface area (Å²) < 4.78 is 25.1. The Hall–Kier alpha value is -3.45. The molecule has 20 heteroatoms. The molecule has 0 radical (unpaired) electrons. The fourth-order valence-electron chi connectivity index (χ4n) is 3.41. The summed E-state index contributed by atoms with van der Waals surface area (Å²) in [5.41, 5.74) is 13.7. The van der Waals surface area contributed by atoms with Crippen molar-refractivity contribution in [3.63, 3.8) is 0 Å². The number of aromatic amines is 1. The first kappa shape index (κ1) is 43.6. The van der Waals surface area contributed by atoms with Crippen LogP contribution < -0.4 is 11.5 Å². The first-order valence-corrected chi connectivity index (χ1v) is 16.6. The summed E-state index contributed by atoms with van der Waals surface area (Å²) in [7, 11) is 0. The van der Waals surface area contributed by atoms with Gasteiger partial charge in [-0.25, -0.2) is 29.7 Å². The van der Waals surface area contributed by atoms with Gasteiger partial charge in [-0.2, -0.15) is 0 Å². The number of carbonyl (C=O) groups is 1. The minimum Gasteiger partial charge on any atom is -0.480 e. The number of nitrogen functional groups attached to an aromatic ring is 2. The van der Waals surface area contributed by atoms with Crippen LogP contribution in [0.3, 0.4) is 0 Å². The van der Waals surface area contributed by atoms with Crippen LogP contribution in [-0.2, 0) is 24.6 Å². The molecule has 0 fully saturated rings. The lowest BCUT2D eigenvalue weighted by atomic mass is 10.3. The number of carboxylic acids is 1. The zero-order valence-electron chi connectivity index (χ0n) is 26.0. The maximum absolute atomic E-state index is 12.1. The van der Waals surface area contributed by atoms with Crippen molar-refractivity contribution in [1.29, 1.82) is 0 Å². The number of hydrogen-bond donors (Lipinski definition) is 7.